The SMILES string of the molecule is O=C(CCCC(=O)Nc1ccc(C(=O)NC2CCCCC2)cc1)Nc1ccc(C(=O)NC2CCCCC2)cc1. The molecule has 0 spiro atoms. The summed E-state index contributed by atoms with van der Waals surface area (Å²) in [6, 6.07) is 14.2. The Balaban J connectivity index is 1.13. The molecule has 2 aliphatic carbocycles. The lowest BCUT2D eigenvalue weighted by Crippen LogP contribution is -2.36. The van der Waals surface area contributed by atoms with E-state index in [1.807, 2.05) is 0 Å². The molecule has 4 rings (SSSR count). The number of hydrogen-bond acceptors (Lipinski definition) is 4. The van der Waals surface area contributed by atoms with E-state index < -0.39 is 0 Å². The van der Waals surface area contributed by atoms with E-state index in [-0.39, 0.29) is 48.6 Å². The number of anilines is 2. The van der Waals surface area contributed by atoms with Gasteiger partial charge in [0.25, 0.3) is 11.8 Å². The highest BCUT2D eigenvalue weighted by Crippen LogP contribution is 2.20. The smallest absolute Gasteiger partial charge is 0.251 e. The molecule has 4 N–H and O–H groups in total. The van der Waals surface area contributed by atoms with Crippen LogP contribution in [0.4, 0.5) is 11.4 Å². The first-order valence-corrected chi connectivity index (χ1v) is 14.4. The van der Waals surface area contributed by atoms with E-state index in [2.05, 4.69) is 21.3 Å². The number of hydrogen-bond donors (Lipinski definition) is 4. The van der Waals surface area contributed by atoms with Crippen molar-refractivity contribution in [2.75, 3.05) is 10.6 Å². The second-order valence-corrected chi connectivity index (χ2v) is 10.7. The molecule has 2 aliphatic rings. The van der Waals surface area contributed by atoms with Crippen LogP contribution in [0.1, 0.15) is 104 Å². The van der Waals surface area contributed by atoms with Gasteiger partial charge in [0.05, 0.1) is 0 Å². The Morgan fingerprint density at radius 3 is 1.26 bits per heavy atom. The summed E-state index contributed by atoms with van der Waals surface area (Å²) in [6.45, 7) is 0. The van der Waals surface area contributed by atoms with Gasteiger partial charge in [0.1, 0.15) is 0 Å². The zero-order chi connectivity index (χ0) is 27.5. The van der Waals surface area contributed by atoms with Gasteiger partial charge in [0.2, 0.25) is 11.8 Å². The Hall–Kier alpha value is -3.68. The molecule has 0 saturated heterocycles. The molecule has 39 heavy (non-hydrogen) atoms. The van der Waals surface area contributed by atoms with Crippen LogP contribution in [0.25, 0.3) is 0 Å². The quantitative estimate of drug-likeness (QED) is 0.321. The second-order valence-electron chi connectivity index (χ2n) is 10.7. The molecule has 4 amide bonds. The van der Waals surface area contributed by atoms with E-state index >= 15 is 0 Å². The van der Waals surface area contributed by atoms with Gasteiger partial charge in [-0.2, -0.15) is 0 Å². The van der Waals surface area contributed by atoms with Crippen molar-refractivity contribution in [1.82, 2.24) is 10.6 Å². The Kier molecular flexibility index (Phi) is 10.5. The number of amides is 4. The molecule has 2 fully saturated rings. The summed E-state index contributed by atoms with van der Waals surface area (Å²) in [5.74, 6) is -0.530. The highest BCUT2D eigenvalue weighted by Gasteiger charge is 2.18. The van der Waals surface area contributed by atoms with E-state index in [4.69, 9.17) is 0 Å². The number of carbonyl (C=O) groups excluding carboxylic acids is 4. The van der Waals surface area contributed by atoms with Crippen LogP contribution < -0.4 is 21.3 Å². The summed E-state index contributed by atoms with van der Waals surface area (Å²) in [4.78, 5) is 49.5. The average Bonchev–Trinajstić information content (AvgIpc) is 2.95. The highest BCUT2D eigenvalue weighted by molar-refractivity contribution is 5.97. The summed E-state index contributed by atoms with van der Waals surface area (Å²) in [5.41, 5.74) is 2.39. The van der Waals surface area contributed by atoms with Crippen molar-refractivity contribution in [3.8, 4) is 0 Å². The van der Waals surface area contributed by atoms with Gasteiger partial charge >= 0.3 is 0 Å². The Morgan fingerprint density at radius 1 is 0.538 bits per heavy atom. The number of carbonyl (C=O) groups is 4. The summed E-state index contributed by atoms with van der Waals surface area (Å²) < 4.78 is 0. The Morgan fingerprint density at radius 2 is 0.897 bits per heavy atom. The lowest BCUT2D eigenvalue weighted by molar-refractivity contribution is -0.117. The summed E-state index contributed by atoms with van der Waals surface area (Å²) >= 11 is 0. The first-order valence-electron chi connectivity index (χ1n) is 14.4. The standard InChI is InChI=1S/C31H40N4O4/c36-28(32-26-18-14-22(15-19-26)30(38)34-24-8-3-1-4-9-24)12-7-13-29(37)33-27-20-16-23(17-21-27)31(39)35-25-10-5-2-6-11-25/h14-21,24-25H,1-13H2,(H,32,36)(H,33,37)(H,34,38)(H,35,39). The summed E-state index contributed by atoms with van der Waals surface area (Å²) in [6.07, 6.45) is 12.0. The van der Waals surface area contributed by atoms with Crippen molar-refractivity contribution < 1.29 is 19.2 Å². The van der Waals surface area contributed by atoms with Crippen molar-refractivity contribution in [1.29, 1.82) is 0 Å². The maximum Gasteiger partial charge on any atom is 0.251 e. The highest BCUT2D eigenvalue weighted by atomic mass is 16.2. The van der Waals surface area contributed by atoms with Crippen LogP contribution in [0, 0.1) is 0 Å². The maximum absolute atomic E-state index is 12.4. The fourth-order valence-corrected chi connectivity index (χ4v) is 5.30. The van der Waals surface area contributed by atoms with Crippen LogP contribution in [0.5, 0.6) is 0 Å². The van der Waals surface area contributed by atoms with Crippen LogP contribution in [-0.4, -0.2) is 35.7 Å². The Bertz CT molecular complexity index is 1030. The molecule has 208 valence electrons. The normalized spacial score (nSPS) is 16.2. The molecule has 0 atom stereocenters. The monoisotopic (exact) mass is 532 g/mol. The summed E-state index contributed by atoms with van der Waals surface area (Å²) in [7, 11) is 0. The molecular weight excluding hydrogens is 492 g/mol. The van der Waals surface area contributed by atoms with Gasteiger partial charge in [0.15, 0.2) is 0 Å². The number of rotatable bonds is 10. The zero-order valence-electron chi connectivity index (χ0n) is 22.6. The first-order chi connectivity index (χ1) is 19.0. The van der Waals surface area contributed by atoms with Crippen molar-refractivity contribution in [3.63, 3.8) is 0 Å². The molecule has 2 aromatic rings. The number of benzene rings is 2. The van der Waals surface area contributed by atoms with Crippen molar-refractivity contribution in [3.05, 3.63) is 59.7 Å². The van der Waals surface area contributed by atoms with Crippen LogP contribution in [0.3, 0.4) is 0 Å². The fourth-order valence-electron chi connectivity index (χ4n) is 5.30. The molecule has 2 aromatic carbocycles. The van der Waals surface area contributed by atoms with E-state index in [0.717, 1.165) is 51.4 Å². The van der Waals surface area contributed by atoms with Gasteiger partial charge in [-0.25, -0.2) is 0 Å². The summed E-state index contributed by atoms with van der Waals surface area (Å²) in [5, 5.41) is 11.8. The van der Waals surface area contributed by atoms with Crippen LogP contribution in [0.15, 0.2) is 48.5 Å². The molecule has 0 bridgehead atoms. The maximum atomic E-state index is 12.4. The predicted octanol–water partition coefficient (Wildman–Crippen LogP) is 5.56. The van der Waals surface area contributed by atoms with Gasteiger partial charge in [-0.15, -0.1) is 0 Å². The minimum atomic E-state index is -0.185. The van der Waals surface area contributed by atoms with Crippen molar-refractivity contribution in [2.24, 2.45) is 0 Å². The minimum absolute atomic E-state index is 0.0804. The van der Waals surface area contributed by atoms with Gasteiger partial charge in [-0.3, -0.25) is 19.2 Å². The molecule has 0 unspecified atom stereocenters. The molecule has 8 heteroatoms. The third-order valence-electron chi connectivity index (χ3n) is 7.55. The van der Waals surface area contributed by atoms with Gasteiger partial charge in [-0.05, 0) is 80.6 Å². The lowest BCUT2D eigenvalue weighted by atomic mass is 9.95. The fraction of sp³-hybridized carbons (Fsp3) is 0.484. The molecule has 8 nitrogen and oxygen atoms in total. The van der Waals surface area contributed by atoms with E-state index in [9.17, 15) is 19.2 Å². The molecule has 0 aliphatic heterocycles. The van der Waals surface area contributed by atoms with Crippen LogP contribution in [-0.2, 0) is 9.59 Å². The van der Waals surface area contributed by atoms with Crippen LogP contribution in [0.2, 0.25) is 0 Å². The third kappa shape index (κ3) is 9.23. The number of nitrogens with one attached hydrogen (secondary N) is 4. The van der Waals surface area contributed by atoms with Gasteiger partial charge in [-0.1, -0.05) is 38.5 Å². The van der Waals surface area contributed by atoms with Gasteiger partial charge in [0, 0.05) is 47.4 Å². The molecule has 0 heterocycles. The predicted molar refractivity (Wildman–Crippen MR) is 153 cm³/mol. The topological polar surface area (TPSA) is 116 Å². The molecule has 0 radical (unpaired) electrons. The van der Waals surface area contributed by atoms with Crippen molar-refractivity contribution in [2.45, 2.75) is 95.6 Å². The van der Waals surface area contributed by atoms with E-state index in [1.54, 1.807) is 48.5 Å². The second kappa shape index (κ2) is 14.5. The largest absolute Gasteiger partial charge is 0.349 e. The van der Waals surface area contributed by atoms with E-state index in [1.165, 1.54) is 12.8 Å². The average molecular weight is 533 g/mol. The van der Waals surface area contributed by atoms with Gasteiger partial charge < -0.3 is 21.3 Å². The van der Waals surface area contributed by atoms with E-state index in [0.29, 0.717) is 28.9 Å². The minimum Gasteiger partial charge on any atom is -0.349 e. The molecule has 0 aromatic heterocycles. The van der Waals surface area contributed by atoms with Crippen molar-refractivity contribution >= 4 is 35.0 Å². The molecule has 2 saturated carbocycles. The lowest BCUT2D eigenvalue weighted by Gasteiger charge is -2.22. The van der Waals surface area contributed by atoms with Crippen LogP contribution >= 0.6 is 0 Å². The zero-order valence-corrected chi connectivity index (χ0v) is 22.6. The molecular formula is C31H40N4O4. The third-order valence-corrected chi connectivity index (χ3v) is 7.55. The first kappa shape index (κ1) is 28.3. The Labute approximate surface area is 230 Å².